The van der Waals surface area contributed by atoms with Gasteiger partial charge >= 0.3 is 0 Å². The number of benzene rings is 1. The van der Waals surface area contributed by atoms with Crippen molar-refractivity contribution >= 4 is 0 Å². The lowest BCUT2D eigenvalue weighted by atomic mass is 9.95. The van der Waals surface area contributed by atoms with Gasteiger partial charge in [-0.2, -0.15) is 0 Å². The first-order chi connectivity index (χ1) is 9.36. The Balaban J connectivity index is 2.58. The van der Waals surface area contributed by atoms with E-state index in [-0.39, 0.29) is 0 Å². The second kappa shape index (κ2) is 7.80. The van der Waals surface area contributed by atoms with E-state index in [0.29, 0.717) is 12.1 Å². The fraction of sp³-hybridized carbons (Fsp3) is 0.667. The van der Waals surface area contributed by atoms with Crippen molar-refractivity contribution in [1.82, 2.24) is 10.2 Å². The summed E-state index contributed by atoms with van der Waals surface area (Å²) >= 11 is 0. The van der Waals surface area contributed by atoms with Crippen LogP contribution in [0.4, 0.5) is 0 Å². The molecule has 2 unspecified atom stereocenters. The molecule has 20 heavy (non-hydrogen) atoms. The van der Waals surface area contributed by atoms with Crippen molar-refractivity contribution in [2.75, 3.05) is 20.1 Å². The van der Waals surface area contributed by atoms with Gasteiger partial charge in [-0.05, 0) is 64.8 Å². The first-order valence-electron chi connectivity index (χ1n) is 7.88. The van der Waals surface area contributed by atoms with Gasteiger partial charge in [0.2, 0.25) is 0 Å². The van der Waals surface area contributed by atoms with E-state index in [1.165, 1.54) is 28.7 Å². The minimum absolute atomic E-state index is 0.418. The molecule has 0 aliphatic heterocycles. The molecule has 0 bridgehead atoms. The van der Waals surface area contributed by atoms with E-state index in [4.69, 9.17) is 0 Å². The zero-order valence-corrected chi connectivity index (χ0v) is 14.4. The summed E-state index contributed by atoms with van der Waals surface area (Å²) in [5.74, 6) is 0. The summed E-state index contributed by atoms with van der Waals surface area (Å²) in [6.07, 6.45) is 1.21. The molecular formula is C18H32N2. The molecule has 0 spiro atoms. The van der Waals surface area contributed by atoms with E-state index in [1.54, 1.807) is 0 Å². The molecule has 0 aliphatic carbocycles. The SMILES string of the molecule is CCC(C)N(C)CCNC(C)c1c(C)cc(C)cc1C. The van der Waals surface area contributed by atoms with Crippen LogP contribution < -0.4 is 5.32 Å². The van der Waals surface area contributed by atoms with Crippen LogP contribution in [0.5, 0.6) is 0 Å². The van der Waals surface area contributed by atoms with Crippen molar-refractivity contribution in [2.24, 2.45) is 0 Å². The minimum Gasteiger partial charge on any atom is -0.309 e. The third-order valence-electron chi connectivity index (χ3n) is 4.43. The summed E-state index contributed by atoms with van der Waals surface area (Å²) in [6, 6.07) is 5.65. The molecule has 0 saturated heterocycles. The van der Waals surface area contributed by atoms with Gasteiger partial charge in [-0.3, -0.25) is 0 Å². The Kier molecular flexibility index (Phi) is 6.70. The van der Waals surface area contributed by atoms with Gasteiger partial charge in [0.25, 0.3) is 0 Å². The Hall–Kier alpha value is -0.860. The summed E-state index contributed by atoms with van der Waals surface area (Å²) in [5, 5.41) is 3.67. The number of nitrogens with one attached hydrogen (secondary N) is 1. The number of likely N-dealkylation sites (N-methyl/N-ethyl adjacent to an activating group) is 1. The van der Waals surface area contributed by atoms with Gasteiger partial charge in [-0.25, -0.2) is 0 Å². The molecule has 2 nitrogen and oxygen atoms in total. The van der Waals surface area contributed by atoms with Gasteiger partial charge in [0.1, 0.15) is 0 Å². The van der Waals surface area contributed by atoms with Crippen LogP contribution in [-0.2, 0) is 0 Å². The van der Waals surface area contributed by atoms with Gasteiger partial charge < -0.3 is 10.2 Å². The van der Waals surface area contributed by atoms with E-state index < -0.39 is 0 Å². The Morgan fingerprint density at radius 2 is 1.65 bits per heavy atom. The van der Waals surface area contributed by atoms with Crippen LogP contribution in [0.2, 0.25) is 0 Å². The third kappa shape index (κ3) is 4.60. The Bertz CT molecular complexity index is 402. The molecule has 0 radical (unpaired) electrons. The van der Waals surface area contributed by atoms with E-state index in [9.17, 15) is 0 Å². The molecular weight excluding hydrogens is 244 g/mol. The summed E-state index contributed by atoms with van der Waals surface area (Å²) in [6.45, 7) is 15.6. The quantitative estimate of drug-likeness (QED) is 0.810. The lowest BCUT2D eigenvalue weighted by Gasteiger charge is -2.25. The van der Waals surface area contributed by atoms with Crippen LogP contribution in [0.25, 0.3) is 0 Å². The van der Waals surface area contributed by atoms with Gasteiger partial charge in [0.15, 0.2) is 0 Å². The molecule has 1 aromatic rings. The van der Waals surface area contributed by atoms with Crippen molar-refractivity contribution in [3.8, 4) is 0 Å². The maximum Gasteiger partial charge on any atom is 0.0297 e. The summed E-state index contributed by atoms with van der Waals surface area (Å²) in [4.78, 5) is 2.43. The highest BCUT2D eigenvalue weighted by Crippen LogP contribution is 2.23. The average Bonchev–Trinajstić information content (AvgIpc) is 2.36. The second-order valence-electron chi connectivity index (χ2n) is 6.23. The molecule has 0 amide bonds. The average molecular weight is 276 g/mol. The summed E-state index contributed by atoms with van der Waals surface area (Å²) in [7, 11) is 2.21. The van der Waals surface area contributed by atoms with E-state index in [0.717, 1.165) is 13.1 Å². The van der Waals surface area contributed by atoms with Crippen molar-refractivity contribution < 1.29 is 0 Å². The maximum absolute atomic E-state index is 3.67. The Labute approximate surface area is 125 Å². The molecule has 1 rings (SSSR count). The van der Waals surface area contributed by atoms with Crippen LogP contribution in [-0.4, -0.2) is 31.1 Å². The zero-order chi connectivity index (χ0) is 15.3. The predicted octanol–water partition coefficient (Wildman–Crippen LogP) is 3.99. The highest BCUT2D eigenvalue weighted by Gasteiger charge is 2.12. The Morgan fingerprint density at radius 1 is 1.10 bits per heavy atom. The molecule has 114 valence electrons. The predicted molar refractivity (Wildman–Crippen MR) is 89.5 cm³/mol. The van der Waals surface area contributed by atoms with Gasteiger partial charge in [-0.15, -0.1) is 0 Å². The number of hydrogen-bond donors (Lipinski definition) is 1. The van der Waals surface area contributed by atoms with Crippen LogP contribution in [0, 0.1) is 20.8 Å². The maximum atomic E-state index is 3.67. The third-order valence-corrected chi connectivity index (χ3v) is 4.43. The smallest absolute Gasteiger partial charge is 0.0297 e. The molecule has 2 heteroatoms. The lowest BCUT2D eigenvalue weighted by Crippen LogP contribution is -2.36. The zero-order valence-electron chi connectivity index (χ0n) is 14.4. The standard InChI is InChI=1S/C18H32N2/c1-8-16(5)20(7)10-9-19-17(6)18-14(3)11-13(2)12-15(18)4/h11-12,16-17,19H,8-10H2,1-7H3. The highest BCUT2D eigenvalue weighted by molar-refractivity contribution is 5.39. The molecule has 0 aromatic heterocycles. The molecule has 2 atom stereocenters. The molecule has 1 N–H and O–H groups in total. The molecule has 0 saturated carbocycles. The first kappa shape index (κ1) is 17.2. The van der Waals surface area contributed by atoms with Crippen molar-refractivity contribution in [3.63, 3.8) is 0 Å². The largest absolute Gasteiger partial charge is 0.309 e. The topological polar surface area (TPSA) is 15.3 Å². The number of nitrogens with zero attached hydrogens (tertiary/aromatic N) is 1. The van der Waals surface area contributed by atoms with Gasteiger partial charge in [0.05, 0.1) is 0 Å². The van der Waals surface area contributed by atoms with Crippen LogP contribution in [0.15, 0.2) is 12.1 Å². The van der Waals surface area contributed by atoms with Crippen molar-refractivity contribution in [2.45, 2.75) is 60.0 Å². The monoisotopic (exact) mass is 276 g/mol. The number of rotatable bonds is 7. The minimum atomic E-state index is 0.418. The van der Waals surface area contributed by atoms with Crippen LogP contribution in [0.3, 0.4) is 0 Å². The van der Waals surface area contributed by atoms with E-state index in [2.05, 4.69) is 70.9 Å². The first-order valence-corrected chi connectivity index (χ1v) is 7.88. The molecule has 1 aromatic carbocycles. The fourth-order valence-corrected chi connectivity index (χ4v) is 2.97. The molecule has 0 heterocycles. The second-order valence-corrected chi connectivity index (χ2v) is 6.23. The molecule has 0 fully saturated rings. The van der Waals surface area contributed by atoms with E-state index >= 15 is 0 Å². The van der Waals surface area contributed by atoms with E-state index in [1.807, 2.05) is 0 Å². The number of aryl methyl sites for hydroxylation is 3. The fourth-order valence-electron chi connectivity index (χ4n) is 2.97. The van der Waals surface area contributed by atoms with Crippen molar-refractivity contribution in [3.05, 3.63) is 34.4 Å². The summed E-state index contributed by atoms with van der Waals surface area (Å²) in [5.41, 5.74) is 5.62. The molecule has 0 aliphatic rings. The van der Waals surface area contributed by atoms with Crippen LogP contribution in [0.1, 0.15) is 55.5 Å². The normalized spacial score (nSPS) is 14.6. The van der Waals surface area contributed by atoms with Crippen LogP contribution >= 0.6 is 0 Å². The van der Waals surface area contributed by atoms with Gasteiger partial charge in [-0.1, -0.05) is 24.6 Å². The lowest BCUT2D eigenvalue weighted by molar-refractivity contribution is 0.249. The van der Waals surface area contributed by atoms with Crippen molar-refractivity contribution in [1.29, 1.82) is 0 Å². The summed E-state index contributed by atoms with van der Waals surface area (Å²) < 4.78 is 0. The Morgan fingerprint density at radius 3 is 2.15 bits per heavy atom. The van der Waals surface area contributed by atoms with Gasteiger partial charge in [0, 0.05) is 25.2 Å². The highest BCUT2D eigenvalue weighted by atomic mass is 15.1. The number of hydrogen-bond acceptors (Lipinski definition) is 2.